The molecule has 0 bridgehead atoms. The number of aliphatic hydroxyl groups excluding tert-OH is 5. The molecule has 2 fully saturated rings. The van der Waals surface area contributed by atoms with Crippen molar-refractivity contribution >= 4 is 23.5 Å². The van der Waals surface area contributed by atoms with E-state index in [0.29, 0.717) is 24.3 Å². The highest BCUT2D eigenvalue weighted by molar-refractivity contribution is 8.00. The van der Waals surface area contributed by atoms with Gasteiger partial charge in [0.05, 0.1) is 18.8 Å². The summed E-state index contributed by atoms with van der Waals surface area (Å²) < 4.78 is 0. The highest BCUT2D eigenvalue weighted by atomic mass is 32.2. The molecule has 0 aromatic carbocycles. The summed E-state index contributed by atoms with van der Waals surface area (Å²) in [4.78, 5) is 10.6. The molecule has 7 nitrogen and oxygen atoms in total. The Morgan fingerprint density at radius 3 is 2.36 bits per heavy atom. The molecule has 2 aliphatic heterocycles. The summed E-state index contributed by atoms with van der Waals surface area (Å²) >= 11 is 2.93. The van der Waals surface area contributed by atoms with E-state index in [9.17, 15) is 15.3 Å². The Morgan fingerprint density at radius 2 is 1.73 bits per heavy atom. The van der Waals surface area contributed by atoms with Gasteiger partial charge in [-0.25, -0.2) is 9.78 Å². The molecule has 130 valence electrons. The molecule has 5 N–H and O–H groups in total. The lowest BCUT2D eigenvalue weighted by Crippen LogP contribution is -2.51. The third-order valence-corrected chi connectivity index (χ3v) is 6.72. The average molecular weight is 356 g/mol. The molecule has 0 aromatic heterocycles. The minimum Gasteiger partial charge on any atom is -0.396 e. The summed E-state index contributed by atoms with van der Waals surface area (Å²) in [5, 5.41) is 47.8. The maximum absolute atomic E-state index is 10.1. The van der Waals surface area contributed by atoms with Crippen LogP contribution in [0.2, 0.25) is 0 Å². The van der Waals surface area contributed by atoms with Crippen LogP contribution in [0.5, 0.6) is 0 Å². The molecule has 7 atom stereocenters. The van der Waals surface area contributed by atoms with E-state index in [1.54, 1.807) is 0 Å². The van der Waals surface area contributed by atoms with E-state index in [1.807, 2.05) is 0 Å². The summed E-state index contributed by atoms with van der Waals surface area (Å²) in [7, 11) is 0. The summed E-state index contributed by atoms with van der Waals surface area (Å²) in [5.74, 6) is 0.862. The topological polar surface area (TPSA) is 120 Å². The van der Waals surface area contributed by atoms with Crippen LogP contribution in [0.4, 0.5) is 0 Å². The zero-order valence-corrected chi connectivity index (χ0v) is 13.8. The number of hydrogen-bond donors (Lipinski definition) is 5. The van der Waals surface area contributed by atoms with Crippen LogP contribution in [0.1, 0.15) is 12.8 Å². The van der Waals surface area contributed by atoms with Crippen molar-refractivity contribution in [1.29, 1.82) is 0 Å². The van der Waals surface area contributed by atoms with Gasteiger partial charge in [0.15, 0.2) is 0 Å². The molecule has 2 heterocycles. The zero-order valence-electron chi connectivity index (χ0n) is 12.2. The van der Waals surface area contributed by atoms with Crippen molar-refractivity contribution in [2.75, 3.05) is 24.7 Å². The molecule has 0 spiro atoms. The first kappa shape index (κ1) is 18.8. The lowest BCUT2D eigenvalue weighted by atomic mass is 10.0. The SMILES string of the molecule is OCCC1SCC(O)C(O)C1OOC1CSC(CO)CC1O. The Bertz CT molecular complexity index is 336. The van der Waals surface area contributed by atoms with Gasteiger partial charge in [0.25, 0.3) is 0 Å². The van der Waals surface area contributed by atoms with Gasteiger partial charge in [-0.2, -0.15) is 23.5 Å². The second-order valence-corrected chi connectivity index (χ2v) is 8.18. The van der Waals surface area contributed by atoms with Crippen LogP contribution in [0.25, 0.3) is 0 Å². The lowest BCUT2D eigenvalue weighted by Gasteiger charge is -2.38. The van der Waals surface area contributed by atoms with Gasteiger partial charge in [0.2, 0.25) is 0 Å². The van der Waals surface area contributed by atoms with E-state index in [2.05, 4.69) is 0 Å². The maximum atomic E-state index is 10.1. The fraction of sp³-hybridized carbons (Fsp3) is 1.00. The first-order valence-electron chi connectivity index (χ1n) is 7.38. The highest BCUT2D eigenvalue weighted by Crippen LogP contribution is 2.33. The van der Waals surface area contributed by atoms with Crippen LogP contribution in [-0.4, -0.2) is 91.3 Å². The largest absolute Gasteiger partial charge is 0.396 e. The molecule has 0 amide bonds. The van der Waals surface area contributed by atoms with Crippen molar-refractivity contribution in [2.45, 2.75) is 53.9 Å². The molecular weight excluding hydrogens is 332 g/mol. The quantitative estimate of drug-likeness (QED) is 0.294. The number of aliphatic hydroxyl groups is 5. The minimum atomic E-state index is -1.09. The van der Waals surface area contributed by atoms with Crippen molar-refractivity contribution in [1.82, 2.24) is 0 Å². The molecule has 0 radical (unpaired) electrons. The normalized spacial score (nSPS) is 43.2. The summed E-state index contributed by atoms with van der Waals surface area (Å²) in [6, 6.07) is 0. The summed E-state index contributed by atoms with van der Waals surface area (Å²) in [6.07, 6.45) is -3.19. The van der Waals surface area contributed by atoms with Crippen molar-refractivity contribution in [3.05, 3.63) is 0 Å². The number of rotatable bonds is 6. The average Bonchev–Trinajstić information content (AvgIpc) is 2.51. The van der Waals surface area contributed by atoms with Crippen LogP contribution in [0, 0.1) is 0 Å². The van der Waals surface area contributed by atoms with Gasteiger partial charge in [0.1, 0.15) is 18.3 Å². The third kappa shape index (κ3) is 4.71. The van der Waals surface area contributed by atoms with E-state index in [4.69, 9.17) is 20.0 Å². The van der Waals surface area contributed by atoms with Gasteiger partial charge >= 0.3 is 0 Å². The van der Waals surface area contributed by atoms with E-state index in [-0.39, 0.29) is 23.7 Å². The second kappa shape index (κ2) is 9.05. The molecule has 0 saturated carbocycles. The van der Waals surface area contributed by atoms with Gasteiger partial charge in [-0.3, -0.25) is 0 Å². The summed E-state index contributed by atoms with van der Waals surface area (Å²) in [5.41, 5.74) is 0. The van der Waals surface area contributed by atoms with E-state index in [0.717, 1.165) is 0 Å². The van der Waals surface area contributed by atoms with Crippen LogP contribution in [-0.2, 0) is 9.78 Å². The Kier molecular flexibility index (Phi) is 7.71. The van der Waals surface area contributed by atoms with E-state index in [1.165, 1.54) is 23.5 Å². The van der Waals surface area contributed by atoms with Gasteiger partial charge in [-0.05, 0) is 12.8 Å². The number of hydrogen-bond acceptors (Lipinski definition) is 9. The summed E-state index contributed by atoms with van der Waals surface area (Å²) in [6.45, 7) is -0.0293. The minimum absolute atomic E-state index is 0.00497. The Balaban J connectivity index is 1.87. The van der Waals surface area contributed by atoms with E-state index < -0.39 is 30.5 Å². The van der Waals surface area contributed by atoms with E-state index >= 15 is 0 Å². The van der Waals surface area contributed by atoms with Crippen LogP contribution >= 0.6 is 23.5 Å². The van der Waals surface area contributed by atoms with Crippen LogP contribution in [0.15, 0.2) is 0 Å². The Labute approximate surface area is 137 Å². The predicted molar refractivity (Wildman–Crippen MR) is 83.7 cm³/mol. The predicted octanol–water partition coefficient (Wildman–Crippen LogP) is -1.25. The molecular formula is C13H24O7S2. The van der Waals surface area contributed by atoms with Crippen LogP contribution in [0.3, 0.4) is 0 Å². The molecule has 2 aliphatic rings. The van der Waals surface area contributed by atoms with Gasteiger partial charge < -0.3 is 25.5 Å². The van der Waals surface area contributed by atoms with Crippen molar-refractivity contribution < 1.29 is 35.3 Å². The molecule has 0 aliphatic carbocycles. The van der Waals surface area contributed by atoms with Gasteiger partial charge in [0, 0.05) is 28.6 Å². The zero-order chi connectivity index (χ0) is 16.1. The molecule has 0 aromatic rings. The second-order valence-electron chi connectivity index (χ2n) is 5.58. The van der Waals surface area contributed by atoms with Crippen LogP contribution < -0.4 is 0 Å². The van der Waals surface area contributed by atoms with Gasteiger partial charge in [-0.1, -0.05) is 0 Å². The third-order valence-electron chi connectivity index (χ3n) is 3.92. The van der Waals surface area contributed by atoms with Crippen molar-refractivity contribution in [3.8, 4) is 0 Å². The van der Waals surface area contributed by atoms with Gasteiger partial charge in [-0.15, -0.1) is 0 Å². The standard InChI is InChI=1S/C13H24O7S2/c14-2-1-11-13(12(18)9(17)5-22-11)20-19-10-6-21-7(4-15)3-8(10)16/h7-18H,1-6H2. The molecule has 22 heavy (non-hydrogen) atoms. The maximum Gasteiger partial charge on any atom is 0.133 e. The van der Waals surface area contributed by atoms with Crippen molar-refractivity contribution in [3.63, 3.8) is 0 Å². The molecule has 9 heteroatoms. The lowest BCUT2D eigenvalue weighted by molar-refractivity contribution is -0.373. The monoisotopic (exact) mass is 356 g/mol. The Morgan fingerprint density at radius 1 is 0.955 bits per heavy atom. The Hall–Kier alpha value is 0.420. The highest BCUT2D eigenvalue weighted by Gasteiger charge is 2.41. The first-order valence-corrected chi connectivity index (χ1v) is 9.47. The molecule has 2 saturated heterocycles. The number of thioether (sulfide) groups is 2. The fourth-order valence-electron chi connectivity index (χ4n) is 2.53. The first-order chi connectivity index (χ1) is 10.6. The fourth-order valence-corrected chi connectivity index (χ4v) is 5.02. The smallest absolute Gasteiger partial charge is 0.133 e. The molecule has 2 rings (SSSR count). The molecule has 7 unspecified atom stereocenters. The van der Waals surface area contributed by atoms with Crippen molar-refractivity contribution in [2.24, 2.45) is 0 Å².